The Balaban J connectivity index is 1.80. The minimum absolute atomic E-state index is 0.464. The Hall–Kier alpha value is -1.62. The van der Waals surface area contributed by atoms with E-state index in [9.17, 15) is 4.79 Å². The Kier molecular flexibility index (Phi) is 3.93. The maximum atomic E-state index is 10.6. The number of nitrogens with two attached hydrogens (primary N) is 1. The molecule has 0 aromatic carbocycles. The number of pyridine rings is 1. The molecule has 1 aliphatic rings. The molecular weight excluding hydrogens is 216 g/mol. The highest BCUT2D eigenvalue weighted by molar-refractivity contribution is 5.47. The van der Waals surface area contributed by atoms with Crippen molar-refractivity contribution < 1.29 is 4.79 Å². The number of rotatable bonds is 4. The maximum Gasteiger partial charge on any atom is 0.209 e. The monoisotopic (exact) mass is 234 g/mol. The highest BCUT2D eigenvalue weighted by atomic mass is 16.1. The van der Waals surface area contributed by atoms with Crippen LogP contribution in [0, 0.1) is 0 Å². The summed E-state index contributed by atoms with van der Waals surface area (Å²) in [5.74, 6) is 0.588. The van der Waals surface area contributed by atoms with Crippen LogP contribution in [0.15, 0.2) is 18.3 Å². The van der Waals surface area contributed by atoms with Crippen molar-refractivity contribution in [3.05, 3.63) is 23.9 Å². The van der Waals surface area contributed by atoms with Gasteiger partial charge in [0.2, 0.25) is 6.41 Å². The first kappa shape index (κ1) is 11.9. The van der Waals surface area contributed by atoms with E-state index in [1.165, 1.54) is 0 Å². The van der Waals surface area contributed by atoms with Crippen LogP contribution in [0.4, 0.5) is 5.82 Å². The second-order valence-corrected chi connectivity index (χ2v) is 4.34. The van der Waals surface area contributed by atoms with Gasteiger partial charge in [0.1, 0.15) is 5.82 Å². The molecule has 0 bridgehead atoms. The number of carbonyl (C=O) groups excluding carboxylic acids is 1. The van der Waals surface area contributed by atoms with E-state index in [0.717, 1.165) is 44.4 Å². The van der Waals surface area contributed by atoms with Gasteiger partial charge in [-0.25, -0.2) is 4.98 Å². The van der Waals surface area contributed by atoms with Crippen molar-refractivity contribution in [3.63, 3.8) is 0 Å². The van der Waals surface area contributed by atoms with Crippen molar-refractivity contribution in [2.24, 2.45) is 0 Å². The van der Waals surface area contributed by atoms with Gasteiger partial charge in [-0.15, -0.1) is 0 Å². The van der Waals surface area contributed by atoms with E-state index in [2.05, 4.69) is 10.3 Å². The molecule has 0 spiro atoms. The van der Waals surface area contributed by atoms with E-state index in [0.29, 0.717) is 11.9 Å². The standard InChI is InChI=1S/C12H18N4O/c13-12-10(2-1-5-14-12)8-15-11-3-6-16(9-17)7-4-11/h1-2,5,9,11,15H,3-4,6-8H2,(H2,13,14). The normalized spacial score (nSPS) is 17.1. The van der Waals surface area contributed by atoms with Crippen LogP contribution in [0.5, 0.6) is 0 Å². The summed E-state index contributed by atoms with van der Waals surface area (Å²) in [5.41, 5.74) is 6.81. The Morgan fingerprint density at radius 3 is 2.94 bits per heavy atom. The van der Waals surface area contributed by atoms with Crippen LogP contribution >= 0.6 is 0 Å². The molecule has 1 saturated heterocycles. The van der Waals surface area contributed by atoms with Gasteiger partial charge in [0.15, 0.2) is 0 Å². The van der Waals surface area contributed by atoms with Gasteiger partial charge in [-0.2, -0.15) is 0 Å². The predicted octanol–water partition coefficient (Wildman–Crippen LogP) is 0.374. The van der Waals surface area contributed by atoms with Gasteiger partial charge < -0.3 is 16.0 Å². The smallest absolute Gasteiger partial charge is 0.209 e. The van der Waals surface area contributed by atoms with Gasteiger partial charge in [0.05, 0.1) is 0 Å². The quantitative estimate of drug-likeness (QED) is 0.739. The summed E-state index contributed by atoms with van der Waals surface area (Å²) in [4.78, 5) is 16.4. The molecule has 0 unspecified atom stereocenters. The molecule has 1 aromatic rings. The van der Waals surface area contributed by atoms with Crippen molar-refractivity contribution in [2.45, 2.75) is 25.4 Å². The van der Waals surface area contributed by atoms with E-state index in [-0.39, 0.29) is 0 Å². The van der Waals surface area contributed by atoms with Crippen molar-refractivity contribution >= 4 is 12.2 Å². The zero-order chi connectivity index (χ0) is 12.1. The molecule has 1 amide bonds. The fourth-order valence-corrected chi connectivity index (χ4v) is 2.06. The number of aromatic nitrogens is 1. The number of nitrogens with one attached hydrogen (secondary N) is 1. The molecule has 5 nitrogen and oxygen atoms in total. The van der Waals surface area contributed by atoms with E-state index < -0.39 is 0 Å². The molecule has 5 heteroatoms. The molecule has 1 aromatic heterocycles. The summed E-state index contributed by atoms with van der Waals surface area (Å²) in [7, 11) is 0. The minimum Gasteiger partial charge on any atom is -0.383 e. The SMILES string of the molecule is Nc1ncccc1CNC1CCN(C=O)CC1. The third-order valence-electron chi connectivity index (χ3n) is 3.19. The van der Waals surface area contributed by atoms with E-state index in [1.807, 2.05) is 17.0 Å². The topological polar surface area (TPSA) is 71.2 Å². The molecule has 17 heavy (non-hydrogen) atoms. The highest BCUT2D eigenvalue weighted by Gasteiger charge is 2.17. The van der Waals surface area contributed by atoms with Gasteiger partial charge in [-0.05, 0) is 18.9 Å². The molecule has 0 radical (unpaired) electrons. The lowest BCUT2D eigenvalue weighted by atomic mass is 10.1. The average molecular weight is 234 g/mol. The van der Waals surface area contributed by atoms with Gasteiger partial charge in [0.25, 0.3) is 0 Å². The zero-order valence-corrected chi connectivity index (χ0v) is 9.80. The second-order valence-electron chi connectivity index (χ2n) is 4.34. The number of piperidine rings is 1. The molecule has 0 atom stereocenters. The third-order valence-corrected chi connectivity index (χ3v) is 3.19. The minimum atomic E-state index is 0.464. The number of hydrogen-bond donors (Lipinski definition) is 2. The van der Waals surface area contributed by atoms with E-state index in [1.54, 1.807) is 6.20 Å². The highest BCUT2D eigenvalue weighted by Crippen LogP contribution is 2.11. The number of likely N-dealkylation sites (tertiary alicyclic amines) is 1. The van der Waals surface area contributed by atoms with E-state index in [4.69, 9.17) is 5.73 Å². The second kappa shape index (κ2) is 5.63. The Labute approximate surface area is 101 Å². The van der Waals surface area contributed by atoms with E-state index >= 15 is 0 Å². The van der Waals surface area contributed by atoms with Crippen LogP contribution in [0.2, 0.25) is 0 Å². The maximum absolute atomic E-state index is 10.6. The lowest BCUT2D eigenvalue weighted by Crippen LogP contribution is -2.41. The molecule has 1 aliphatic heterocycles. The van der Waals surface area contributed by atoms with Crippen LogP contribution in [0.1, 0.15) is 18.4 Å². The van der Waals surface area contributed by atoms with Crippen LogP contribution in [0.25, 0.3) is 0 Å². The molecular formula is C12H18N4O. The predicted molar refractivity (Wildman–Crippen MR) is 66.1 cm³/mol. The molecule has 0 saturated carbocycles. The molecule has 92 valence electrons. The summed E-state index contributed by atoms with van der Waals surface area (Å²) < 4.78 is 0. The van der Waals surface area contributed by atoms with Crippen LogP contribution in [-0.2, 0) is 11.3 Å². The first-order chi connectivity index (χ1) is 8.29. The molecule has 3 N–H and O–H groups in total. The first-order valence-corrected chi connectivity index (χ1v) is 5.91. The fraction of sp³-hybridized carbons (Fsp3) is 0.500. The summed E-state index contributed by atoms with van der Waals surface area (Å²) >= 11 is 0. The zero-order valence-electron chi connectivity index (χ0n) is 9.80. The van der Waals surface area contributed by atoms with Gasteiger partial charge >= 0.3 is 0 Å². The van der Waals surface area contributed by atoms with Gasteiger partial charge in [0, 0.05) is 37.4 Å². The Morgan fingerprint density at radius 2 is 2.29 bits per heavy atom. The average Bonchev–Trinajstić information content (AvgIpc) is 2.38. The van der Waals surface area contributed by atoms with Crippen LogP contribution in [0.3, 0.4) is 0 Å². The fourth-order valence-electron chi connectivity index (χ4n) is 2.06. The van der Waals surface area contributed by atoms with Crippen molar-refractivity contribution in [3.8, 4) is 0 Å². The Bertz CT molecular complexity index is 375. The summed E-state index contributed by atoms with van der Waals surface area (Å²) in [6.07, 6.45) is 4.62. The molecule has 1 fully saturated rings. The number of amides is 1. The summed E-state index contributed by atoms with van der Waals surface area (Å²) in [6.45, 7) is 2.42. The van der Waals surface area contributed by atoms with Crippen LogP contribution < -0.4 is 11.1 Å². The number of nitrogens with zero attached hydrogens (tertiary/aromatic N) is 2. The summed E-state index contributed by atoms with van der Waals surface area (Å²) in [5, 5.41) is 3.46. The number of hydrogen-bond acceptors (Lipinski definition) is 4. The summed E-state index contributed by atoms with van der Waals surface area (Å²) in [6, 6.07) is 4.34. The number of carbonyl (C=O) groups is 1. The molecule has 2 rings (SSSR count). The molecule has 0 aliphatic carbocycles. The molecule has 2 heterocycles. The lowest BCUT2D eigenvalue weighted by molar-refractivity contribution is -0.119. The first-order valence-electron chi connectivity index (χ1n) is 5.91. The Morgan fingerprint density at radius 1 is 1.53 bits per heavy atom. The van der Waals surface area contributed by atoms with Crippen molar-refractivity contribution in [1.29, 1.82) is 0 Å². The largest absolute Gasteiger partial charge is 0.383 e. The van der Waals surface area contributed by atoms with Crippen molar-refractivity contribution in [2.75, 3.05) is 18.8 Å². The lowest BCUT2D eigenvalue weighted by Gasteiger charge is -2.29. The van der Waals surface area contributed by atoms with Gasteiger partial charge in [-0.1, -0.05) is 6.07 Å². The van der Waals surface area contributed by atoms with Crippen molar-refractivity contribution in [1.82, 2.24) is 15.2 Å². The van der Waals surface area contributed by atoms with Gasteiger partial charge in [-0.3, -0.25) is 4.79 Å². The number of nitrogen functional groups attached to an aromatic ring is 1. The third kappa shape index (κ3) is 3.17. The van der Waals surface area contributed by atoms with Crippen LogP contribution in [-0.4, -0.2) is 35.4 Å². The number of anilines is 1.